The van der Waals surface area contributed by atoms with E-state index in [4.69, 9.17) is 9.47 Å². The molecule has 1 atom stereocenters. The summed E-state index contributed by atoms with van der Waals surface area (Å²) in [7, 11) is 0. The number of nitrogens with zero attached hydrogens (tertiary/aromatic N) is 1. The fourth-order valence-electron chi connectivity index (χ4n) is 6.10. The number of aliphatic hydroxyl groups excluding tert-OH is 1. The molecule has 4 heteroatoms. The summed E-state index contributed by atoms with van der Waals surface area (Å²) in [6.07, 6.45) is 5.74. The highest BCUT2D eigenvalue weighted by atomic mass is 16.5. The largest absolute Gasteiger partial charge is 0.491 e. The van der Waals surface area contributed by atoms with Gasteiger partial charge in [0.25, 0.3) is 0 Å². The maximum absolute atomic E-state index is 10.9. The SMILES string of the molecule is CC(C)(C)CC(C)(C)c1ccc(OCCOC[C@@H](O)C[N+]2(Cc3ccccc3)CCCCCC2)cc1. The molecule has 1 fully saturated rings. The third-order valence-electron chi connectivity index (χ3n) is 7.39. The van der Waals surface area contributed by atoms with E-state index in [2.05, 4.69) is 89.2 Å². The summed E-state index contributed by atoms with van der Waals surface area (Å²) < 4.78 is 12.7. The van der Waals surface area contributed by atoms with Crippen LogP contribution in [0.5, 0.6) is 5.75 Å². The quantitative estimate of drug-likeness (QED) is 0.261. The van der Waals surface area contributed by atoms with Gasteiger partial charge in [0.2, 0.25) is 0 Å². The number of quaternary nitrogens is 1. The maximum atomic E-state index is 10.9. The van der Waals surface area contributed by atoms with Crippen molar-refractivity contribution in [3.8, 4) is 5.75 Å². The minimum absolute atomic E-state index is 0.129. The first-order valence-electron chi connectivity index (χ1n) is 14.0. The lowest BCUT2D eigenvalue weighted by Crippen LogP contribution is -2.53. The lowest BCUT2D eigenvalue weighted by atomic mass is 9.72. The van der Waals surface area contributed by atoms with Gasteiger partial charge in [-0.1, -0.05) is 77.1 Å². The monoisotopic (exact) mass is 496 g/mol. The Morgan fingerprint density at radius 2 is 1.47 bits per heavy atom. The average molecular weight is 497 g/mol. The Morgan fingerprint density at radius 3 is 2.08 bits per heavy atom. The van der Waals surface area contributed by atoms with Gasteiger partial charge >= 0.3 is 0 Å². The molecule has 1 aliphatic heterocycles. The first-order valence-corrected chi connectivity index (χ1v) is 14.0. The van der Waals surface area contributed by atoms with Crippen molar-refractivity contribution in [1.82, 2.24) is 0 Å². The molecule has 1 saturated heterocycles. The Labute approximate surface area is 220 Å². The van der Waals surface area contributed by atoms with E-state index in [0.29, 0.717) is 19.8 Å². The average Bonchev–Trinajstić information content (AvgIpc) is 3.03. The molecule has 1 N–H and O–H groups in total. The second-order valence-corrected chi connectivity index (χ2v) is 12.8. The van der Waals surface area contributed by atoms with E-state index in [9.17, 15) is 5.11 Å². The van der Waals surface area contributed by atoms with Gasteiger partial charge in [0.05, 0.1) is 26.3 Å². The Bertz CT molecular complexity index is 878. The van der Waals surface area contributed by atoms with Gasteiger partial charge in [-0.25, -0.2) is 0 Å². The van der Waals surface area contributed by atoms with Crippen molar-refractivity contribution in [1.29, 1.82) is 0 Å². The Morgan fingerprint density at radius 1 is 0.833 bits per heavy atom. The first-order chi connectivity index (χ1) is 17.1. The molecule has 0 unspecified atom stereocenters. The van der Waals surface area contributed by atoms with Crippen molar-refractivity contribution in [3.05, 3.63) is 65.7 Å². The third kappa shape index (κ3) is 9.53. The molecular weight excluding hydrogens is 446 g/mol. The highest BCUT2D eigenvalue weighted by molar-refractivity contribution is 5.31. The van der Waals surface area contributed by atoms with E-state index in [1.165, 1.54) is 36.8 Å². The molecule has 0 amide bonds. The van der Waals surface area contributed by atoms with Crippen LogP contribution in [0, 0.1) is 5.41 Å². The standard InChI is InChI=1S/C32H50NO3/c1-31(2,3)26-32(4,5)28-15-17-30(18-16-28)36-22-21-35-25-29(34)24-33(19-11-6-7-12-20-33)23-27-13-9-8-10-14-27/h8-10,13-18,29,34H,6-7,11-12,19-26H2,1-5H3/q+1/t29-/m0/s1. The number of hydrogen-bond donors (Lipinski definition) is 1. The van der Waals surface area contributed by atoms with Crippen LogP contribution in [0.1, 0.15) is 77.8 Å². The zero-order valence-electron chi connectivity index (χ0n) is 23.5. The van der Waals surface area contributed by atoms with E-state index in [0.717, 1.165) is 42.8 Å². The van der Waals surface area contributed by atoms with Crippen molar-refractivity contribution in [2.75, 3.05) is 39.5 Å². The van der Waals surface area contributed by atoms with Crippen molar-refractivity contribution in [2.45, 2.75) is 84.8 Å². The summed E-state index contributed by atoms with van der Waals surface area (Å²) in [5, 5.41) is 10.9. The van der Waals surface area contributed by atoms with Gasteiger partial charge in [-0.05, 0) is 60.6 Å². The normalized spacial score (nSPS) is 17.4. The minimum Gasteiger partial charge on any atom is -0.491 e. The molecule has 4 nitrogen and oxygen atoms in total. The number of aliphatic hydroxyl groups is 1. The molecule has 0 aromatic heterocycles. The van der Waals surface area contributed by atoms with Gasteiger partial charge in [0.1, 0.15) is 31.5 Å². The summed E-state index contributed by atoms with van der Waals surface area (Å²) in [6.45, 7) is 16.8. The lowest BCUT2D eigenvalue weighted by Gasteiger charge is -2.39. The van der Waals surface area contributed by atoms with Crippen LogP contribution >= 0.6 is 0 Å². The lowest BCUT2D eigenvalue weighted by molar-refractivity contribution is -0.943. The molecule has 0 spiro atoms. The fourth-order valence-corrected chi connectivity index (χ4v) is 6.10. The molecule has 1 heterocycles. The molecule has 2 aromatic rings. The predicted molar refractivity (Wildman–Crippen MR) is 149 cm³/mol. The molecule has 3 rings (SSSR count). The second kappa shape index (κ2) is 13.1. The number of benzene rings is 2. The van der Waals surface area contributed by atoms with Crippen molar-refractivity contribution in [2.24, 2.45) is 5.41 Å². The smallest absolute Gasteiger partial charge is 0.126 e. The van der Waals surface area contributed by atoms with E-state index in [1.807, 2.05) is 0 Å². The summed E-state index contributed by atoms with van der Waals surface area (Å²) in [4.78, 5) is 0. The van der Waals surface area contributed by atoms with E-state index in [1.54, 1.807) is 0 Å². The van der Waals surface area contributed by atoms with Crippen LogP contribution in [0.3, 0.4) is 0 Å². The first kappa shape index (κ1) is 28.7. The molecule has 1 aliphatic rings. The van der Waals surface area contributed by atoms with Gasteiger partial charge in [-0.3, -0.25) is 0 Å². The summed E-state index contributed by atoms with van der Waals surface area (Å²) in [5.74, 6) is 0.867. The molecule has 2 aromatic carbocycles. The van der Waals surface area contributed by atoms with Crippen LogP contribution in [0.25, 0.3) is 0 Å². The van der Waals surface area contributed by atoms with Gasteiger partial charge in [-0.2, -0.15) is 0 Å². The zero-order chi connectivity index (χ0) is 26.1. The van der Waals surface area contributed by atoms with Crippen LogP contribution in [0.15, 0.2) is 54.6 Å². The van der Waals surface area contributed by atoms with Gasteiger partial charge in [-0.15, -0.1) is 0 Å². The molecular formula is C32H50NO3+. The van der Waals surface area contributed by atoms with Crippen LogP contribution in [0.4, 0.5) is 0 Å². The van der Waals surface area contributed by atoms with Crippen LogP contribution in [-0.4, -0.2) is 55.1 Å². The van der Waals surface area contributed by atoms with Gasteiger partial charge in [0.15, 0.2) is 0 Å². The molecule has 36 heavy (non-hydrogen) atoms. The molecule has 0 aliphatic carbocycles. The van der Waals surface area contributed by atoms with Gasteiger partial charge in [0, 0.05) is 5.56 Å². The number of likely N-dealkylation sites (tertiary alicyclic amines) is 1. The van der Waals surface area contributed by atoms with Crippen molar-refractivity contribution in [3.63, 3.8) is 0 Å². The third-order valence-corrected chi connectivity index (χ3v) is 7.39. The van der Waals surface area contributed by atoms with Crippen LogP contribution in [0.2, 0.25) is 0 Å². The molecule has 0 saturated carbocycles. The number of rotatable bonds is 12. The van der Waals surface area contributed by atoms with Crippen LogP contribution in [-0.2, 0) is 16.7 Å². The second-order valence-electron chi connectivity index (χ2n) is 12.8. The maximum Gasteiger partial charge on any atom is 0.126 e. The number of ether oxygens (including phenoxy) is 2. The summed E-state index contributed by atoms with van der Waals surface area (Å²) in [6, 6.07) is 19.2. The van der Waals surface area contributed by atoms with Crippen molar-refractivity contribution >= 4 is 0 Å². The number of hydrogen-bond acceptors (Lipinski definition) is 3. The Balaban J connectivity index is 1.43. The van der Waals surface area contributed by atoms with E-state index < -0.39 is 6.10 Å². The Hall–Kier alpha value is -1.88. The Kier molecular flexibility index (Phi) is 10.4. The molecule has 200 valence electrons. The topological polar surface area (TPSA) is 38.7 Å². The predicted octanol–water partition coefficient (Wildman–Crippen LogP) is 6.75. The highest BCUT2D eigenvalue weighted by Crippen LogP contribution is 2.36. The fraction of sp³-hybridized carbons (Fsp3) is 0.625. The highest BCUT2D eigenvalue weighted by Gasteiger charge is 2.32. The minimum atomic E-state index is -0.462. The van der Waals surface area contributed by atoms with E-state index >= 15 is 0 Å². The zero-order valence-corrected chi connectivity index (χ0v) is 23.5. The van der Waals surface area contributed by atoms with Gasteiger partial charge < -0.3 is 19.1 Å². The van der Waals surface area contributed by atoms with Crippen molar-refractivity contribution < 1.29 is 19.1 Å². The molecule has 0 bridgehead atoms. The summed E-state index contributed by atoms with van der Waals surface area (Å²) in [5.41, 5.74) is 3.11. The summed E-state index contributed by atoms with van der Waals surface area (Å²) >= 11 is 0. The molecule has 0 radical (unpaired) electrons. The van der Waals surface area contributed by atoms with Crippen LogP contribution < -0.4 is 4.74 Å². The van der Waals surface area contributed by atoms with E-state index in [-0.39, 0.29) is 10.8 Å².